The smallest absolute Gasteiger partial charge is 0.240 e. The van der Waals surface area contributed by atoms with Gasteiger partial charge in [-0.15, -0.1) is 0 Å². The number of benzene rings is 2. The molecule has 106 valence electrons. The molecule has 0 saturated heterocycles. The van der Waals surface area contributed by atoms with Crippen LogP contribution in [0.15, 0.2) is 59.5 Å². The molecule has 0 saturated carbocycles. The van der Waals surface area contributed by atoms with Gasteiger partial charge >= 0.3 is 0 Å². The summed E-state index contributed by atoms with van der Waals surface area (Å²) in [6.45, 7) is 0.815. The summed E-state index contributed by atoms with van der Waals surface area (Å²) in [6, 6.07) is 16.2. The lowest BCUT2D eigenvalue weighted by atomic mass is 10.1. The zero-order valence-corrected chi connectivity index (χ0v) is 11.9. The van der Waals surface area contributed by atoms with Crippen molar-refractivity contribution in [2.75, 3.05) is 6.54 Å². The molecule has 3 N–H and O–H groups in total. The standard InChI is InChI=1S/C15H18N2O2S/c16-12-14-7-5-4-6-13(14)10-11-17-20(18,19)15-8-2-1-3-9-15/h1-9,17H,10-12,16H2. The Morgan fingerprint density at radius 2 is 1.50 bits per heavy atom. The van der Waals surface area contributed by atoms with Crippen LogP contribution >= 0.6 is 0 Å². The highest BCUT2D eigenvalue weighted by atomic mass is 32.2. The maximum Gasteiger partial charge on any atom is 0.240 e. The third-order valence-electron chi connectivity index (χ3n) is 3.08. The molecule has 0 amide bonds. The molecular formula is C15H18N2O2S. The van der Waals surface area contributed by atoms with Crippen LogP contribution in [0.4, 0.5) is 0 Å². The first-order valence-electron chi connectivity index (χ1n) is 6.45. The van der Waals surface area contributed by atoms with Gasteiger partial charge in [0.2, 0.25) is 10.0 Å². The Morgan fingerprint density at radius 3 is 2.15 bits per heavy atom. The molecule has 0 fully saturated rings. The van der Waals surface area contributed by atoms with Crippen LogP contribution in [0.5, 0.6) is 0 Å². The molecule has 0 bridgehead atoms. The number of hydrogen-bond donors (Lipinski definition) is 2. The highest BCUT2D eigenvalue weighted by Gasteiger charge is 2.12. The number of hydrogen-bond acceptors (Lipinski definition) is 3. The highest BCUT2D eigenvalue weighted by molar-refractivity contribution is 7.89. The third kappa shape index (κ3) is 3.66. The van der Waals surface area contributed by atoms with Crippen molar-refractivity contribution < 1.29 is 8.42 Å². The fourth-order valence-corrected chi connectivity index (χ4v) is 3.06. The molecule has 0 aliphatic heterocycles. The van der Waals surface area contributed by atoms with Gasteiger partial charge in [0.25, 0.3) is 0 Å². The van der Waals surface area contributed by atoms with E-state index in [0.717, 1.165) is 11.1 Å². The minimum atomic E-state index is -3.43. The quantitative estimate of drug-likeness (QED) is 0.850. The topological polar surface area (TPSA) is 72.2 Å². The molecule has 0 heterocycles. The number of nitrogens with one attached hydrogen (secondary N) is 1. The van der Waals surface area contributed by atoms with Crippen LogP contribution in [0.1, 0.15) is 11.1 Å². The van der Waals surface area contributed by atoms with E-state index in [2.05, 4.69) is 4.72 Å². The molecule has 2 rings (SSSR count). The maximum absolute atomic E-state index is 12.0. The zero-order chi connectivity index (χ0) is 14.4. The van der Waals surface area contributed by atoms with Gasteiger partial charge in [-0.1, -0.05) is 42.5 Å². The minimum absolute atomic E-state index is 0.284. The second-order valence-corrected chi connectivity index (χ2v) is 6.20. The van der Waals surface area contributed by atoms with E-state index in [1.165, 1.54) is 0 Å². The Balaban J connectivity index is 1.99. The van der Waals surface area contributed by atoms with Gasteiger partial charge < -0.3 is 5.73 Å². The number of rotatable bonds is 6. The van der Waals surface area contributed by atoms with E-state index in [9.17, 15) is 8.42 Å². The zero-order valence-electron chi connectivity index (χ0n) is 11.1. The highest BCUT2D eigenvalue weighted by Crippen LogP contribution is 2.10. The molecule has 5 heteroatoms. The molecule has 0 aliphatic rings. The molecule has 2 aromatic carbocycles. The first-order chi connectivity index (χ1) is 9.63. The van der Waals surface area contributed by atoms with Gasteiger partial charge in [0.15, 0.2) is 0 Å². The van der Waals surface area contributed by atoms with Gasteiger partial charge in [-0.2, -0.15) is 0 Å². The predicted octanol–water partition coefficient (Wildman–Crippen LogP) is 1.67. The Morgan fingerprint density at radius 1 is 0.900 bits per heavy atom. The summed E-state index contributed by atoms with van der Waals surface area (Å²) in [6.07, 6.45) is 0.624. The van der Waals surface area contributed by atoms with Crippen LogP contribution in [0, 0.1) is 0 Å². The summed E-state index contributed by atoms with van der Waals surface area (Å²) in [5, 5.41) is 0. The predicted molar refractivity (Wildman–Crippen MR) is 79.7 cm³/mol. The van der Waals surface area contributed by atoms with Gasteiger partial charge in [-0.25, -0.2) is 13.1 Å². The minimum Gasteiger partial charge on any atom is -0.326 e. The van der Waals surface area contributed by atoms with E-state index in [4.69, 9.17) is 5.73 Å². The van der Waals surface area contributed by atoms with Crippen molar-refractivity contribution in [3.63, 3.8) is 0 Å². The summed E-state index contributed by atoms with van der Waals surface area (Å²) in [5.41, 5.74) is 7.78. The summed E-state index contributed by atoms with van der Waals surface area (Å²) in [5.74, 6) is 0. The first-order valence-corrected chi connectivity index (χ1v) is 7.93. The third-order valence-corrected chi connectivity index (χ3v) is 4.56. The Bertz CT molecular complexity index is 655. The average molecular weight is 290 g/mol. The van der Waals surface area contributed by atoms with Crippen molar-refractivity contribution >= 4 is 10.0 Å². The second kappa shape index (κ2) is 6.65. The van der Waals surface area contributed by atoms with E-state index in [1.54, 1.807) is 30.3 Å². The Kier molecular flexibility index (Phi) is 4.89. The van der Waals surface area contributed by atoms with E-state index in [-0.39, 0.29) is 4.90 Å². The van der Waals surface area contributed by atoms with E-state index in [1.807, 2.05) is 24.3 Å². The molecule has 4 nitrogen and oxygen atoms in total. The molecular weight excluding hydrogens is 272 g/mol. The second-order valence-electron chi connectivity index (χ2n) is 4.43. The van der Waals surface area contributed by atoms with Crippen molar-refractivity contribution in [2.24, 2.45) is 5.73 Å². The lowest BCUT2D eigenvalue weighted by Gasteiger charge is -2.09. The SMILES string of the molecule is NCc1ccccc1CCNS(=O)(=O)c1ccccc1. The van der Waals surface area contributed by atoms with Gasteiger partial charge in [0, 0.05) is 13.1 Å². The molecule has 0 atom stereocenters. The lowest BCUT2D eigenvalue weighted by Crippen LogP contribution is -2.26. The van der Waals surface area contributed by atoms with Crippen LogP contribution in [-0.2, 0) is 23.0 Å². The van der Waals surface area contributed by atoms with Crippen LogP contribution in [0.25, 0.3) is 0 Å². The fraction of sp³-hybridized carbons (Fsp3) is 0.200. The monoisotopic (exact) mass is 290 g/mol. The molecule has 0 radical (unpaired) electrons. The number of sulfonamides is 1. The van der Waals surface area contributed by atoms with Crippen molar-refractivity contribution in [3.8, 4) is 0 Å². The summed E-state index contributed by atoms with van der Waals surface area (Å²) >= 11 is 0. The Labute approximate surface area is 119 Å². The average Bonchev–Trinajstić information content (AvgIpc) is 2.48. The van der Waals surface area contributed by atoms with E-state index in [0.29, 0.717) is 19.5 Å². The maximum atomic E-state index is 12.0. The van der Waals surface area contributed by atoms with Crippen molar-refractivity contribution in [3.05, 3.63) is 65.7 Å². The van der Waals surface area contributed by atoms with Gasteiger partial charge in [0.1, 0.15) is 0 Å². The van der Waals surface area contributed by atoms with Gasteiger partial charge in [-0.05, 0) is 29.7 Å². The summed E-state index contributed by atoms with van der Waals surface area (Å²) in [7, 11) is -3.43. The van der Waals surface area contributed by atoms with Gasteiger partial charge in [-0.3, -0.25) is 0 Å². The summed E-state index contributed by atoms with van der Waals surface area (Å²) in [4.78, 5) is 0.284. The molecule has 0 unspecified atom stereocenters. The molecule has 0 aromatic heterocycles. The van der Waals surface area contributed by atoms with E-state index >= 15 is 0 Å². The lowest BCUT2D eigenvalue weighted by molar-refractivity contribution is 0.581. The van der Waals surface area contributed by atoms with Crippen LogP contribution in [0.2, 0.25) is 0 Å². The molecule has 0 aliphatic carbocycles. The van der Waals surface area contributed by atoms with Crippen molar-refractivity contribution in [1.82, 2.24) is 4.72 Å². The largest absolute Gasteiger partial charge is 0.326 e. The van der Waals surface area contributed by atoms with Crippen molar-refractivity contribution in [1.29, 1.82) is 0 Å². The summed E-state index contributed by atoms with van der Waals surface area (Å²) < 4.78 is 26.7. The Hall–Kier alpha value is -1.69. The molecule has 20 heavy (non-hydrogen) atoms. The van der Waals surface area contributed by atoms with Crippen LogP contribution in [0.3, 0.4) is 0 Å². The van der Waals surface area contributed by atoms with E-state index < -0.39 is 10.0 Å². The van der Waals surface area contributed by atoms with Crippen LogP contribution < -0.4 is 10.5 Å². The van der Waals surface area contributed by atoms with Gasteiger partial charge in [0.05, 0.1) is 4.90 Å². The van der Waals surface area contributed by atoms with Crippen LogP contribution in [-0.4, -0.2) is 15.0 Å². The fourth-order valence-electron chi connectivity index (χ4n) is 2.00. The molecule has 0 spiro atoms. The number of nitrogens with two attached hydrogens (primary N) is 1. The normalized spacial score (nSPS) is 11.4. The molecule has 2 aromatic rings. The van der Waals surface area contributed by atoms with Crippen molar-refractivity contribution in [2.45, 2.75) is 17.9 Å². The first kappa shape index (κ1) is 14.7.